The van der Waals surface area contributed by atoms with Crippen LogP contribution in [0.2, 0.25) is 5.02 Å². The van der Waals surface area contributed by atoms with E-state index in [1.165, 1.54) is 12.8 Å². The molecule has 1 N–H and O–H groups in total. The number of sulfone groups is 1. The van der Waals surface area contributed by atoms with Crippen molar-refractivity contribution in [3.63, 3.8) is 0 Å². The molecule has 1 aromatic rings. The third kappa shape index (κ3) is 5.35. The fourth-order valence-electron chi connectivity index (χ4n) is 4.87. The fraction of sp³-hybridized carbons (Fsp3) is 0.696. The molecule has 0 spiro atoms. The molecule has 6 heteroatoms. The van der Waals surface area contributed by atoms with Gasteiger partial charge in [0, 0.05) is 6.54 Å². The Hall–Kier alpha value is -1.07. The predicted octanol–water partition coefficient (Wildman–Crippen LogP) is 4.93. The van der Waals surface area contributed by atoms with Crippen molar-refractivity contribution in [2.24, 2.45) is 17.3 Å². The summed E-state index contributed by atoms with van der Waals surface area (Å²) in [4.78, 5) is 12.7. The molecule has 29 heavy (non-hydrogen) atoms. The molecule has 1 amide bonds. The van der Waals surface area contributed by atoms with E-state index in [0.717, 1.165) is 56.4 Å². The number of aryl methyl sites for hydroxylation is 1. The van der Waals surface area contributed by atoms with Gasteiger partial charge in [-0.25, -0.2) is 8.42 Å². The summed E-state index contributed by atoms with van der Waals surface area (Å²) in [5.41, 5.74) is 1.57. The van der Waals surface area contributed by atoms with Crippen molar-refractivity contribution < 1.29 is 13.2 Å². The summed E-state index contributed by atoms with van der Waals surface area (Å²) in [6.07, 6.45) is 9.04. The minimum atomic E-state index is -2.97. The Bertz CT molecular complexity index is 866. The Labute approximate surface area is 179 Å². The van der Waals surface area contributed by atoms with Gasteiger partial charge in [-0.15, -0.1) is 0 Å². The number of hydrogen-bond acceptors (Lipinski definition) is 3. The van der Waals surface area contributed by atoms with Gasteiger partial charge in [-0.3, -0.25) is 4.79 Å². The van der Waals surface area contributed by atoms with Crippen LogP contribution in [0, 0.1) is 24.2 Å². The van der Waals surface area contributed by atoms with Crippen molar-refractivity contribution >= 4 is 27.3 Å². The highest BCUT2D eigenvalue weighted by Crippen LogP contribution is 2.48. The van der Waals surface area contributed by atoms with Gasteiger partial charge in [-0.1, -0.05) is 30.5 Å². The standard InChI is InChI=1S/C23H32ClNO3S/c1-16-2-7-20(21(24)12-16)22(26)25-15-23(13-17-3-4-17)10-8-19(9-11-23)29(27,28)14-18-5-6-18/h2,7,12,17-19H,3-6,8-11,13-15H2,1H3,(H,25,26)/t19-,23+. The van der Waals surface area contributed by atoms with E-state index in [2.05, 4.69) is 5.32 Å². The second-order valence-corrected chi connectivity index (χ2v) is 12.5. The highest BCUT2D eigenvalue weighted by Gasteiger charge is 2.43. The average Bonchev–Trinajstić information content (AvgIpc) is 3.58. The lowest BCUT2D eigenvalue weighted by molar-refractivity contribution is 0.0895. The predicted molar refractivity (Wildman–Crippen MR) is 117 cm³/mol. The smallest absolute Gasteiger partial charge is 0.252 e. The van der Waals surface area contributed by atoms with Crippen LogP contribution in [-0.4, -0.2) is 31.9 Å². The molecule has 0 unspecified atom stereocenters. The molecule has 0 saturated heterocycles. The first kappa shape index (κ1) is 21.2. The number of halogens is 1. The minimum absolute atomic E-state index is 0.0274. The second kappa shape index (κ2) is 8.22. The molecule has 3 aliphatic carbocycles. The zero-order valence-electron chi connectivity index (χ0n) is 17.3. The molecule has 4 nitrogen and oxygen atoms in total. The van der Waals surface area contributed by atoms with Crippen LogP contribution >= 0.6 is 11.6 Å². The summed E-state index contributed by atoms with van der Waals surface area (Å²) in [6.45, 7) is 2.57. The molecule has 0 heterocycles. The normalized spacial score (nSPS) is 27.6. The van der Waals surface area contributed by atoms with Gasteiger partial charge in [0.15, 0.2) is 9.84 Å². The zero-order chi connectivity index (χ0) is 20.6. The Morgan fingerprint density at radius 3 is 2.34 bits per heavy atom. The number of hydrogen-bond donors (Lipinski definition) is 1. The van der Waals surface area contributed by atoms with Gasteiger partial charge < -0.3 is 5.32 Å². The number of amides is 1. The Balaban J connectivity index is 1.39. The molecule has 3 fully saturated rings. The van der Waals surface area contributed by atoms with Crippen molar-refractivity contribution in [1.82, 2.24) is 5.32 Å². The third-order valence-corrected chi connectivity index (χ3v) is 9.81. The molecule has 1 aromatic carbocycles. The second-order valence-electron chi connectivity index (χ2n) is 9.79. The summed E-state index contributed by atoms with van der Waals surface area (Å²) in [6, 6.07) is 5.49. The van der Waals surface area contributed by atoms with Gasteiger partial charge in [0.05, 0.1) is 21.6 Å². The van der Waals surface area contributed by atoms with Crippen molar-refractivity contribution in [2.45, 2.75) is 70.0 Å². The molecular formula is C23H32ClNO3S. The topological polar surface area (TPSA) is 63.2 Å². The van der Waals surface area contributed by atoms with Crippen LogP contribution in [0.1, 0.15) is 73.7 Å². The van der Waals surface area contributed by atoms with Crippen LogP contribution in [0.25, 0.3) is 0 Å². The molecule has 0 aliphatic heterocycles. The van der Waals surface area contributed by atoms with E-state index in [-0.39, 0.29) is 16.6 Å². The van der Waals surface area contributed by atoms with Crippen LogP contribution in [0.3, 0.4) is 0 Å². The van der Waals surface area contributed by atoms with Crippen LogP contribution in [0.5, 0.6) is 0 Å². The van der Waals surface area contributed by atoms with Crippen LogP contribution in [0.4, 0.5) is 0 Å². The molecule has 0 radical (unpaired) electrons. The van der Waals surface area contributed by atoms with Crippen molar-refractivity contribution in [3.8, 4) is 0 Å². The number of rotatable bonds is 8. The average molecular weight is 438 g/mol. The maximum Gasteiger partial charge on any atom is 0.252 e. The maximum absolute atomic E-state index is 12.7. The summed E-state index contributed by atoms with van der Waals surface area (Å²) < 4.78 is 25.4. The lowest BCUT2D eigenvalue weighted by Crippen LogP contribution is -2.43. The summed E-state index contributed by atoms with van der Waals surface area (Å²) in [5.74, 6) is 1.41. The molecule has 4 rings (SSSR count). The highest BCUT2D eigenvalue weighted by molar-refractivity contribution is 7.92. The quantitative estimate of drug-likeness (QED) is 0.626. The van der Waals surface area contributed by atoms with Crippen molar-refractivity contribution in [2.75, 3.05) is 12.3 Å². The van der Waals surface area contributed by atoms with Crippen LogP contribution in [-0.2, 0) is 9.84 Å². The van der Waals surface area contributed by atoms with E-state index in [1.54, 1.807) is 6.07 Å². The largest absolute Gasteiger partial charge is 0.351 e. The van der Waals surface area contributed by atoms with Gasteiger partial charge in [-0.05, 0) is 86.8 Å². The summed E-state index contributed by atoms with van der Waals surface area (Å²) in [5, 5.41) is 3.42. The van der Waals surface area contributed by atoms with Gasteiger partial charge >= 0.3 is 0 Å². The number of carbonyl (C=O) groups excluding carboxylic acids is 1. The first-order valence-electron chi connectivity index (χ1n) is 11.0. The monoisotopic (exact) mass is 437 g/mol. The van der Waals surface area contributed by atoms with E-state index in [9.17, 15) is 13.2 Å². The van der Waals surface area contributed by atoms with Gasteiger partial charge in [-0.2, -0.15) is 0 Å². The summed E-state index contributed by atoms with van der Waals surface area (Å²) >= 11 is 6.26. The molecule has 3 aliphatic rings. The van der Waals surface area contributed by atoms with Crippen LogP contribution in [0.15, 0.2) is 18.2 Å². The molecule has 3 saturated carbocycles. The van der Waals surface area contributed by atoms with E-state index in [4.69, 9.17) is 11.6 Å². The molecule has 0 atom stereocenters. The van der Waals surface area contributed by atoms with E-state index >= 15 is 0 Å². The van der Waals surface area contributed by atoms with E-state index in [1.807, 2.05) is 19.1 Å². The first-order chi connectivity index (χ1) is 13.8. The number of benzene rings is 1. The van der Waals surface area contributed by atoms with E-state index in [0.29, 0.717) is 28.8 Å². The van der Waals surface area contributed by atoms with Gasteiger partial charge in [0.2, 0.25) is 0 Å². The Morgan fingerprint density at radius 2 is 1.76 bits per heavy atom. The van der Waals surface area contributed by atoms with E-state index < -0.39 is 9.84 Å². The van der Waals surface area contributed by atoms with Crippen molar-refractivity contribution in [3.05, 3.63) is 34.3 Å². The SMILES string of the molecule is Cc1ccc(C(=O)NC[C@]2(CC3CC3)CC[C@H](S(=O)(=O)CC3CC3)CC2)c(Cl)c1. The fourth-order valence-corrected chi connectivity index (χ4v) is 7.40. The number of nitrogens with one attached hydrogen (secondary N) is 1. The maximum atomic E-state index is 12.7. The highest BCUT2D eigenvalue weighted by atomic mass is 35.5. The molecule has 0 aromatic heterocycles. The Morgan fingerprint density at radius 1 is 1.10 bits per heavy atom. The lowest BCUT2D eigenvalue weighted by Gasteiger charge is -2.40. The molecule has 0 bridgehead atoms. The minimum Gasteiger partial charge on any atom is -0.351 e. The summed E-state index contributed by atoms with van der Waals surface area (Å²) in [7, 11) is -2.97. The first-order valence-corrected chi connectivity index (χ1v) is 13.1. The van der Waals surface area contributed by atoms with Gasteiger partial charge in [0.25, 0.3) is 5.91 Å². The zero-order valence-corrected chi connectivity index (χ0v) is 18.8. The lowest BCUT2D eigenvalue weighted by atomic mass is 9.70. The third-order valence-electron chi connectivity index (χ3n) is 7.08. The molecule has 160 valence electrons. The molecular weight excluding hydrogens is 406 g/mol. The van der Waals surface area contributed by atoms with Gasteiger partial charge in [0.1, 0.15) is 0 Å². The van der Waals surface area contributed by atoms with Crippen LogP contribution < -0.4 is 5.32 Å². The van der Waals surface area contributed by atoms with Crippen molar-refractivity contribution in [1.29, 1.82) is 0 Å². The number of carbonyl (C=O) groups is 1. The Kier molecular flexibility index (Phi) is 6.00.